The lowest BCUT2D eigenvalue weighted by Gasteiger charge is -2.34. The molecule has 1 aromatic rings. The Kier molecular flexibility index (Phi) is 13.2. The monoisotopic (exact) mass is 558 g/mol. The average molecular weight is 559 g/mol. The number of nitrogens with one attached hydrogen (secondary N) is 2. The van der Waals surface area contributed by atoms with Crippen LogP contribution in [-0.4, -0.2) is 97.2 Å². The van der Waals surface area contributed by atoms with Gasteiger partial charge < -0.3 is 20.4 Å². The molecule has 0 spiro atoms. The second-order valence-electron chi connectivity index (χ2n) is 8.65. The molecule has 0 radical (unpaired) electrons. The third-order valence-corrected chi connectivity index (χ3v) is 6.31. The third-order valence-electron chi connectivity index (χ3n) is 6.31. The molecule has 0 saturated carbocycles. The predicted octanol–water partition coefficient (Wildman–Crippen LogP) is 2.43. The topological polar surface area (TPSA) is 71.9 Å². The number of piperazine rings is 1. The van der Waals surface area contributed by atoms with E-state index in [1.165, 1.54) is 38.8 Å². The number of aliphatic imine (C=N–C) groups is 1. The van der Waals surface area contributed by atoms with Crippen molar-refractivity contribution in [1.82, 2.24) is 30.4 Å². The van der Waals surface area contributed by atoms with Crippen LogP contribution in [0, 0.1) is 0 Å². The number of anilines is 1. The van der Waals surface area contributed by atoms with Gasteiger partial charge in [-0.3, -0.25) is 9.89 Å². The number of rotatable bonds is 10. The number of piperidine rings is 1. The van der Waals surface area contributed by atoms with Gasteiger partial charge in [0.15, 0.2) is 5.96 Å². The highest BCUT2D eigenvalue weighted by Crippen LogP contribution is 2.16. The molecule has 2 N–H and O–H groups in total. The Labute approximate surface area is 211 Å². The van der Waals surface area contributed by atoms with Crippen LogP contribution in [0.25, 0.3) is 0 Å². The summed E-state index contributed by atoms with van der Waals surface area (Å²) in [5.41, 5.74) is 0. The number of hydrogen-bond donors (Lipinski definition) is 2. The summed E-state index contributed by atoms with van der Waals surface area (Å²) in [4.78, 5) is 20.9. The first-order chi connectivity index (χ1) is 15.3. The Bertz CT molecular complexity index is 636. The van der Waals surface area contributed by atoms with Gasteiger partial charge in [0.25, 0.3) is 0 Å². The van der Waals surface area contributed by atoms with Crippen LogP contribution in [0.5, 0.6) is 0 Å². The molecule has 8 nitrogen and oxygen atoms in total. The minimum Gasteiger partial charge on any atom is -0.357 e. The summed E-state index contributed by atoms with van der Waals surface area (Å²) in [6, 6.07) is 2.61. The van der Waals surface area contributed by atoms with E-state index >= 15 is 0 Å². The van der Waals surface area contributed by atoms with Gasteiger partial charge in [0, 0.05) is 77.3 Å². The quantitative estimate of drug-likeness (QED) is 0.198. The lowest BCUT2D eigenvalue weighted by molar-refractivity contribution is 0.159. The van der Waals surface area contributed by atoms with Gasteiger partial charge in [0.05, 0.1) is 0 Å². The molecule has 32 heavy (non-hydrogen) atoms. The second kappa shape index (κ2) is 15.6. The zero-order valence-electron chi connectivity index (χ0n) is 20.0. The lowest BCUT2D eigenvalue weighted by Crippen LogP contribution is -2.47. The van der Waals surface area contributed by atoms with Crippen LogP contribution in [0.1, 0.15) is 46.0 Å². The van der Waals surface area contributed by atoms with E-state index < -0.39 is 0 Å². The first-order valence-corrected chi connectivity index (χ1v) is 12.3. The molecule has 2 saturated heterocycles. The summed E-state index contributed by atoms with van der Waals surface area (Å²) in [5.74, 6) is 1.81. The van der Waals surface area contributed by atoms with E-state index in [9.17, 15) is 0 Å². The summed E-state index contributed by atoms with van der Waals surface area (Å²) >= 11 is 0. The maximum atomic E-state index is 4.78. The first-order valence-electron chi connectivity index (χ1n) is 12.3. The van der Waals surface area contributed by atoms with E-state index in [1.807, 2.05) is 18.5 Å². The maximum absolute atomic E-state index is 4.78. The Hall–Kier alpha value is -1.20. The van der Waals surface area contributed by atoms with Crippen molar-refractivity contribution in [2.24, 2.45) is 4.99 Å². The number of aromatic nitrogens is 2. The summed E-state index contributed by atoms with van der Waals surface area (Å²) in [7, 11) is 0. The number of likely N-dealkylation sites (tertiary alicyclic amines) is 1. The molecule has 1 atom stereocenters. The zero-order chi connectivity index (χ0) is 21.7. The summed E-state index contributed by atoms with van der Waals surface area (Å²) < 4.78 is 0. The van der Waals surface area contributed by atoms with E-state index in [4.69, 9.17) is 4.99 Å². The van der Waals surface area contributed by atoms with E-state index in [1.54, 1.807) is 0 Å². The molecule has 2 fully saturated rings. The van der Waals surface area contributed by atoms with Crippen LogP contribution in [0.4, 0.5) is 5.95 Å². The molecule has 0 aliphatic carbocycles. The van der Waals surface area contributed by atoms with Crippen LogP contribution in [-0.2, 0) is 0 Å². The number of halogens is 1. The average Bonchev–Trinajstić information content (AvgIpc) is 2.81. The van der Waals surface area contributed by atoms with E-state index in [-0.39, 0.29) is 24.0 Å². The van der Waals surface area contributed by atoms with Crippen molar-refractivity contribution in [3.05, 3.63) is 18.5 Å². The van der Waals surface area contributed by atoms with Gasteiger partial charge >= 0.3 is 0 Å². The van der Waals surface area contributed by atoms with Crippen LogP contribution in [0.15, 0.2) is 23.5 Å². The highest BCUT2D eigenvalue weighted by Gasteiger charge is 2.18. The molecule has 3 rings (SSSR count). The smallest absolute Gasteiger partial charge is 0.225 e. The molecule has 2 aliphatic heterocycles. The summed E-state index contributed by atoms with van der Waals surface area (Å²) in [5, 5.41) is 6.90. The third kappa shape index (κ3) is 9.35. The SMILES string of the molecule is CCNC(=NCCCN1CCN(c2ncccn2)CC1)NCCCN1CCCCC1C.I. The molecule has 3 heterocycles. The number of guanidine groups is 1. The van der Waals surface area contributed by atoms with Crippen molar-refractivity contribution >= 4 is 35.9 Å². The van der Waals surface area contributed by atoms with E-state index in [0.717, 1.165) is 76.7 Å². The van der Waals surface area contributed by atoms with Crippen molar-refractivity contribution in [2.75, 3.05) is 70.3 Å². The number of nitrogens with zero attached hydrogens (tertiary/aromatic N) is 6. The highest BCUT2D eigenvalue weighted by atomic mass is 127. The Morgan fingerprint density at radius 1 is 1.03 bits per heavy atom. The fraction of sp³-hybridized carbons (Fsp3) is 0.783. The molecule has 9 heteroatoms. The summed E-state index contributed by atoms with van der Waals surface area (Å²) in [6.07, 6.45) is 10.00. The molecule has 2 aliphatic rings. The van der Waals surface area contributed by atoms with Gasteiger partial charge in [-0.05, 0) is 52.1 Å². The minimum atomic E-state index is 0. The van der Waals surface area contributed by atoms with Crippen molar-refractivity contribution in [1.29, 1.82) is 0 Å². The molecule has 0 amide bonds. The largest absolute Gasteiger partial charge is 0.357 e. The van der Waals surface area contributed by atoms with E-state index in [0.29, 0.717) is 0 Å². The molecular formula is C23H43IN8. The summed E-state index contributed by atoms with van der Waals surface area (Å²) in [6.45, 7) is 14.9. The van der Waals surface area contributed by atoms with Crippen LogP contribution >= 0.6 is 24.0 Å². The Morgan fingerprint density at radius 3 is 2.53 bits per heavy atom. The lowest BCUT2D eigenvalue weighted by atomic mass is 10.0. The molecule has 1 aromatic heterocycles. The van der Waals surface area contributed by atoms with Gasteiger partial charge in [-0.1, -0.05) is 6.42 Å². The second-order valence-corrected chi connectivity index (χ2v) is 8.65. The molecule has 1 unspecified atom stereocenters. The molecule has 0 aromatic carbocycles. The molecular weight excluding hydrogens is 515 g/mol. The Morgan fingerprint density at radius 2 is 1.81 bits per heavy atom. The highest BCUT2D eigenvalue weighted by molar-refractivity contribution is 14.0. The fourth-order valence-corrected chi connectivity index (χ4v) is 4.43. The Balaban J connectivity index is 0.00000363. The van der Waals surface area contributed by atoms with Crippen molar-refractivity contribution < 1.29 is 0 Å². The minimum absolute atomic E-state index is 0. The molecule has 182 valence electrons. The molecule has 0 bridgehead atoms. The first kappa shape index (κ1) is 27.0. The van der Waals surface area contributed by atoms with Gasteiger partial charge in [0.1, 0.15) is 0 Å². The zero-order valence-corrected chi connectivity index (χ0v) is 22.3. The van der Waals surface area contributed by atoms with Crippen LogP contribution < -0.4 is 15.5 Å². The van der Waals surface area contributed by atoms with Gasteiger partial charge in [-0.15, -0.1) is 24.0 Å². The van der Waals surface area contributed by atoms with Crippen LogP contribution in [0.2, 0.25) is 0 Å². The number of hydrogen-bond acceptors (Lipinski definition) is 6. The van der Waals surface area contributed by atoms with E-state index in [2.05, 4.69) is 49.1 Å². The van der Waals surface area contributed by atoms with Gasteiger partial charge in [-0.2, -0.15) is 0 Å². The van der Waals surface area contributed by atoms with Gasteiger partial charge in [-0.25, -0.2) is 9.97 Å². The van der Waals surface area contributed by atoms with Crippen LogP contribution in [0.3, 0.4) is 0 Å². The maximum Gasteiger partial charge on any atom is 0.225 e. The van der Waals surface area contributed by atoms with Crippen molar-refractivity contribution in [3.8, 4) is 0 Å². The van der Waals surface area contributed by atoms with Crippen molar-refractivity contribution in [2.45, 2.75) is 52.0 Å². The van der Waals surface area contributed by atoms with Crippen molar-refractivity contribution in [3.63, 3.8) is 0 Å². The normalized spacial score (nSPS) is 20.6. The predicted molar refractivity (Wildman–Crippen MR) is 144 cm³/mol. The van der Waals surface area contributed by atoms with Gasteiger partial charge in [0.2, 0.25) is 5.95 Å². The standard InChI is InChI=1S/C23H42N8.HI/c1-3-24-22(26-13-8-16-30-15-5-4-9-21(30)2)25-12-7-14-29-17-19-31(20-18-29)23-27-10-6-11-28-23;/h6,10-11,21H,3-5,7-9,12-20H2,1-2H3,(H2,24,25,26);1H. The fourth-order valence-electron chi connectivity index (χ4n) is 4.43.